The fourth-order valence-electron chi connectivity index (χ4n) is 2.12. The van der Waals surface area contributed by atoms with Crippen LogP contribution in [0, 0.1) is 0 Å². The number of ketones is 1. The number of benzene rings is 1. The van der Waals surface area contributed by atoms with Crippen molar-refractivity contribution in [1.82, 2.24) is 0 Å². The Balaban J connectivity index is 2.26. The van der Waals surface area contributed by atoms with E-state index in [1.54, 1.807) is 13.0 Å². The van der Waals surface area contributed by atoms with Crippen molar-refractivity contribution in [2.45, 2.75) is 58.8 Å². The molecule has 0 aliphatic heterocycles. The van der Waals surface area contributed by atoms with Crippen LogP contribution in [0.5, 0.6) is 0 Å². The largest absolute Gasteiger partial charge is 0.295 e. The first-order valence-corrected chi connectivity index (χ1v) is 7.50. The van der Waals surface area contributed by atoms with E-state index in [2.05, 4.69) is 31.2 Å². The van der Waals surface area contributed by atoms with Gasteiger partial charge in [0.15, 0.2) is 5.78 Å². The first-order chi connectivity index (χ1) is 9.22. The molecule has 0 saturated carbocycles. The Morgan fingerprint density at radius 1 is 1.00 bits per heavy atom. The van der Waals surface area contributed by atoms with Gasteiger partial charge in [-0.05, 0) is 37.0 Å². The molecule has 0 atom stereocenters. The molecule has 0 aliphatic rings. The molecule has 0 aromatic heterocycles. The lowest BCUT2D eigenvalue weighted by atomic mass is 10.0. The van der Waals surface area contributed by atoms with E-state index >= 15 is 0 Å². The lowest BCUT2D eigenvalue weighted by Crippen LogP contribution is -1.87. The van der Waals surface area contributed by atoms with Gasteiger partial charge in [0.25, 0.3) is 0 Å². The summed E-state index contributed by atoms with van der Waals surface area (Å²) in [6.45, 7) is 3.82. The quantitative estimate of drug-likeness (QED) is 0.440. The molecule has 1 nitrogen and oxygen atoms in total. The van der Waals surface area contributed by atoms with Gasteiger partial charge in [-0.25, -0.2) is 0 Å². The molecule has 1 rings (SSSR count). The molecule has 0 bridgehead atoms. The van der Waals surface area contributed by atoms with Crippen molar-refractivity contribution in [3.05, 3.63) is 41.5 Å². The zero-order chi connectivity index (χ0) is 13.9. The Morgan fingerprint density at radius 3 is 2.26 bits per heavy atom. The summed E-state index contributed by atoms with van der Waals surface area (Å²) < 4.78 is 0. The van der Waals surface area contributed by atoms with Crippen LogP contribution in [0.4, 0.5) is 0 Å². The van der Waals surface area contributed by atoms with Gasteiger partial charge in [-0.3, -0.25) is 4.79 Å². The predicted octanol–water partition coefficient (Wildman–Crippen LogP) is 5.19. The van der Waals surface area contributed by atoms with Gasteiger partial charge in [0.2, 0.25) is 0 Å². The number of aryl methyl sites for hydroxylation is 1. The van der Waals surface area contributed by atoms with E-state index in [-0.39, 0.29) is 5.78 Å². The molecule has 0 N–H and O–H groups in total. The SMILES string of the molecule is CCCCCCCCc1ccc(C=CC(C)=O)cc1. The maximum atomic E-state index is 10.8. The smallest absolute Gasteiger partial charge is 0.152 e. The van der Waals surface area contributed by atoms with Crippen LogP contribution in [0.3, 0.4) is 0 Å². The highest BCUT2D eigenvalue weighted by Crippen LogP contribution is 2.11. The summed E-state index contributed by atoms with van der Waals surface area (Å²) >= 11 is 0. The molecule has 1 heteroatoms. The summed E-state index contributed by atoms with van der Waals surface area (Å²) in [5.41, 5.74) is 2.50. The first kappa shape index (κ1) is 15.7. The summed E-state index contributed by atoms with van der Waals surface area (Å²) in [7, 11) is 0. The molecule has 1 aromatic rings. The van der Waals surface area contributed by atoms with Crippen molar-refractivity contribution in [2.24, 2.45) is 0 Å². The van der Waals surface area contributed by atoms with Crippen molar-refractivity contribution in [1.29, 1.82) is 0 Å². The van der Waals surface area contributed by atoms with Gasteiger partial charge in [-0.2, -0.15) is 0 Å². The van der Waals surface area contributed by atoms with Crippen molar-refractivity contribution in [3.8, 4) is 0 Å². The van der Waals surface area contributed by atoms with E-state index in [1.165, 1.54) is 50.5 Å². The number of unbranched alkanes of at least 4 members (excludes halogenated alkanes) is 5. The highest BCUT2D eigenvalue weighted by atomic mass is 16.1. The molecule has 0 aliphatic carbocycles. The molecule has 0 saturated heterocycles. The van der Waals surface area contributed by atoms with E-state index in [4.69, 9.17) is 0 Å². The van der Waals surface area contributed by atoms with E-state index < -0.39 is 0 Å². The molecule has 0 fully saturated rings. The minimum atomic E-state index is 0.0937. The maximum absolute atomic E-state index is 10.8. The molecular formula is C18H26O. The second kappa shape index (κ2) is 9.55. The zero-order valence-electron chi connectivity index (χ0n) is 12.3. The van der Waals surface area contributed by atoms with Crippen molar-refractivity contribution in [3.63, 3.8) is 0 Å². The zero-order valence-corrected chi connectivity index (χ0v) is 12.3. The number of rotatable bonds is 9. The van der Waals surface area contributed by atoms with Gasteiger partial charge in [-0.15, -0.1) is 0 Å². The van der Waals surface area contributed by atoms with E-state index in [1.807, 2.05) is 6.08 Å². The first-order valence-electron chi connectivity index (χ1n) is 7.50. The van der Waals surface area contributed by atoms with Crippen molar-refractivity contribution >= 4 is 11.9 Å². The second-order valence-corrected chi connectivity index (χ2v) is 5.20. The van der Waals surface area contributed by atoms with Gasteiger partial charge in [0.05, 0.1) is 0 Å². The van der Waals surface area contributed by atoms with Gasteiger partial charge >= 0.3 is 0 Å². The average Bonchev–Trinajstić information content (AvgIpc) is 2.41. The number of carbonyl (C=O) groups is 1. The lowest BCUT2D eigenvalue weighted by Gasteiger charge is -2.02. The Labute approximate surface area is 117 Å². The molecular weight excluding hydrogens is 232 g/mol. The number of carbonyl (C=O) groups excluding carboxylic acids is 1. The normalized spacial score (nSPS) is 11.1. The molecule has 19 heavy (non-hydrogen) atoms. The Bertz CT molecular complexity index is 387. The third kappa shape index (κ3) is 7.61. The van der Waals surface area contributed by atoms with Crippen LogP contribution in [0.25, 0.3) is 6.08 Å². The van der Waals surface area contributed by atoms with Crippen LogP contribution in [0.1, 0.15) is 63.5 Å². The summed E-state index contributed by atoms with van der Waals surface area (Å²) in [6.07, 6.45) is 12.7. The Kier molecular flexibility index (Phi) is 7.88. The summed E-state index contributed by atoms with van der Waals surface area (Å²) in [5.74, 6) is 0.0937. The molecule has 0 unspecified atom stereocenters. The Hall–Kier alpha value is -1.37. The van der Waals surface area contributed by atoms with Crippen LogP contribution in [-0.2, 0) is 11.2 Å². The Morgan fingerprint density at radius 2 is 1.63 bits per heavy atom. The summed E-state index contributed by atoms with van der Waals surface area (Å²) in [6, 6.07) is 8.52. The highest BCUT2D eigenvalue weighted by Gasteiger charge is 1.95. The van der Waals surface area contributed by atoms with E-state index in [0.717, 1.165) is 5.56 Å². The summed E-state index contributed by atoms with van der Waals surface area (Å²) in [5, 5.41) is 0. The average molecular weight is 258 g/mol. The third-order valence-electron chi connectivity index (χ3n) is 3.31. The summed E-state index contributed by atoms with van der Waals surface area (Å²) in [4.78, 5) is 10.8. The fraction of sp³-hybridized carbons (Fsp3) is 0.500. The predicted molar refractivity (Wildman–Crippen MR) is 83.2 cm³/mol. The van der Waals surface area contributed by atoms with Gasteiger partial charge in [0.1, 0.15) is 0 Å². The fourth-order valence-corrected chi connectivity index (χ4v) is 2.12. The van der Waals surface area contributed by atoms with Crippen molar-refractivity contribution < 1.29 is 4.79 Å². The third-order valence-corrected chi connectivity index (χ3v) is 3.31. The topological polar surface area (TPSA) is 17.1 Å². The molecule has 0 heterocycles. The van der Waals surface area contributed by atoms with Crippen molar-refractivity contribution in [2.75, 3.05) is 0 Å². The maximum Gasteiger partial charge on any atom is 0.152 e. The van der Waals surface area contributed by atoms with Gasteiger partial charge < -0.3 is 0 Å². The molecule has 0 spiro atoms. The number of allylic oxidation sites excluding steroid dienone is 1. The lowest BCUT2D eigenvalue weighted by molar-refractivity contribution is -0.112. The monoisotopic (exact) mass is 258 g/mol. The standard InChI is InChI=1S/C18H26O/c1-3-4-5-6-7-8-9-17-12-14-18(15-13-17)11-10-16(2)19/h10-15H,3-9H2,1-2H3. The molecule has 104 valence electrons. The highest BCUT2D eigenvalue weighted by molar-refractivity contribution is 5.91. The van der Waals surface area contributed by atoms with Crippen LogP contribution < -0.4 is 0 Å². The van der Waals surface area contributed by atoms with Gasteiger partial charge in [0, 0.05) is 0 Å². The van der Waals surface area contributed by atoms with Crippen LogP contribution in [0.15, 0.2) is 30.3 Å². The minimum Gasteiger partial charge on any atom is -0.295 e. The number of hydrogen-bond acceptors (Lipinski definition) is 1. The minimum absolute atomic E-state index is 0.0937. The molecule has 1 aromatic carbocycles. The number of hydrogen-bond donors (Lipinski definition) is 0. The van der Waals surface area contributed by atoms with E-state index in [0.29, 0.717) is 0 Å². The molecule has 0 amide bonds. The van der Waals surface area contributed by atoms with Gasteiger partial charge in [-0.1, -0.05) is 69.4 Å². The van der Waals surface area contributed by atoms with Crippen LogP contribution >= 0.6 is 0 Å². The second-order valence-electron chi connectivity index (χ2n) is 5.20. The van der Waals surface area contributed by atoms with Crippen LogP contribution in [0.2, 0.25) is 0 Å². The van der Waals surface area contributed by atoms with Crippen LogP contribution in [-0.4, -0.2) is 5.78 Å². The van der Waals surface area contributed by atoms with E-state index in [9.17, 15) is 4.79 Å². The molecule has 0 radical (unpaired) electrons.